The Kier molecular flexibility index (Phi) is 5.03. The minimum Gasteiger partial charge on any atom is -0.378 e. The van der Waals surface area contributed by atoms with E-state index in [2.05, 4.69) is 22.4 Å². The Balaban J connectivity index is 1.50. The number of hydrogen-bond donors (Lipinski definition) is 1. The van der Waals surface area contributed by atoms with Crippen LogP contribution in [0, 0.1) is 0 Å². The Hall–Kier alpha value is -1.92. The predicted molar refractivity (Wildman–Crippen MR) is 86.0 cm³/mol. The number of rotatable bonds is 4. The van der Waals surface area contributed by atoms with Crippen LogP contribution in [-0.2, 0) is 17.7 Å². The summed E-state index contributed by atoms with van der Waals surface area (Å²) in [5.74, 6) is 0. The molecule has 22 heavy (non-hydrogen) atoms. The molecule has 2 aromatic rings. The first kappa shape index (κ1) is 15.0. The number of aromatic nitrogens is 1. The Morgan fingerprint density at radius 3 is 2.82 bits per heavy atom. The third-order valence-electron chi connectivity index (χ3n) is 3.52. The first-order chi connectivity index (χ1) is 10.8. The van der Waals surface area contributed by atoms with Crippen molar-refractivity contribution in [1.82, 2.24) is 15.2 Å². The summed E-state index contributed by atoms with van der Waals surface area (Å²) in [6, 6.07) is 10.2. The van der Waals surface area contributed by atoms with Gasteiger partial charge in [0.2, 0.25) is 0 Å². The first-order valence-corrected chi connectivity index (χ1v) is 8.27. The largest absolute Gasteiger partial charge is 0.378 e. The Morgan fingerprint density at radius 2 is 2.05 bits per heavy atom. The third kappa shape index (κ3) is 4.05. The summed E-state index contributed by atoms with van der Waals surface area (Å²) in [6.07, 6.45) is 0.836. The zero-order valence-electron chi connectivity index (χ0n) is 12.3. The highest BCUT2D eigenvalue weighted by molar-refractivity contribution is 7.09. The molecule has 1 saturated heterocycles. The van der Waals surface area contributed by atoms with Crippen molar-refractivity contribution in [1.29, 1.82) is 0 Å². The SMILES string of the molecule is O=C(NCc1csc(Cc2ccccc2)n1)N1CCOCC1. The van der Waals surface area contributed by atoms with E-state index in [-0.39, 0.29) is 6.03 Å². The van der Waals surface area contributed by atoms with E-state index in [1.54, 1.807) is 16.2 Å². The minimum atomic E-state index is -0.0408. The molecule has 1 fully saturated rings. The summed E-state index contributed by atoms with van der Waals surface area (Å²) >= 11 is 1.64. The van der Waals surface area contributed by atoms with Crippen LogP contribution in [0.15, 0.2) is 35.7 Å². The van der Waals surface area contributed by atoms with E-state index < -0.39 is 0 Å². The van der Waals surface area contributed by atoms with Gasteiger partial charge in [0.05, 0.1) is 30.5 Å². The van der Waals surface area contributed by atoms with Crippen LogP contribution in [0.1, 0.15) is 16.3 Å². The second-order valence-electron chi connectivity index (χ2n) is 5.15. The Bertz CT molecular complexity index is 609. The fourth-order valence-electron chi connectivity index (χ4n) is 2.33. The lowest BCUT2D eigenvalue weighted by Gasteiger charge is -2.26. The average Bonchev–Trinajstić information content (AvgIpc) is 3.02. The number of benzene rings is 1. The Labute approximate surface area is 133 Å². The fourth-order valence-corrected chi connectivity index (χ4v) is 3.15. The molecular formula is C16H19N3O2S. The van der Waals surface area contributed by atoms with Crippen LogP contribution in [0.3, 0.4) is 0 Å². The van der Waals surface area contributed by atoms with Gasteiger partial charge in [0, 0.05) is 24.9 Å². The van der Waals surface area contributed by atoms with E-state index in [0.29, 0.717) is 32.8 Å². The zero-order valence-corrected chi connectivity index (χ0v) is 13.1. The van der Waals surface area contributed by atoms with Crippen molar-refractivity contribution >= 4 is 17.4 Å². The molecule has 6 heteroatoms. The van der Waals surface area contributed by atoms with E-state index >= 15 is 0 Å². The van der Waals surface area contributed by atoms with Gasteiger partial charge in [-0.25, -0.2) is 9.78 Å². The van der Waals surface area contributed by atoms with Gasteiger partial charge in [0.15, 0.2) is 0 Å². The molecule has 1 aliphatic heterocycles. The molecule has 1 aromatic heterocycles. The number of carbonyl (C=O) groups is 1. The summed E-state index contributed by atoms with van der Waals surface area (Å²) < 4.78 is 5.24. The van der Waals surface area contributed by atoms with Crippen LogP contribution in [0.4, 0.5) is 4.79 Å². The average molecular weight is 317 g/mol. The molecule has 0 saturated carbocycles. The lowest BCUT2D eigenvalue weighted by Crippen LogP contribution is -2.45. The standard InChI is InChI=1S/C16H19N3O2S/c20-16(19-6-8-21-9-7-19)17-11-14-12-22-15(18-14)10-13-4-2-1-3-5-13/h1-5,12H,6-11H2,(H,17,20). The molecule has 5 nitrogen and oxygen atoms in total. The van der Waals surface area contributed by atoms with Gasteiger partial charge in [-0.2, -0.15) is 0 Å². The lowest BCUT2D eigenvalue weighted by atomic mass is 10.2. The lowest BCUT2D eigenvalue weighted by molar-refractivity contribution is 0.0531. The van der Waals surface area contributed by atoms with Crippen molar-refractivity contribution in [3.63, 3.8) is 0 Å². The molecule has 0 unspecified atom stereocenters. The Morgan fingerprint density at radius 1 is 1.27 bits per heavy atom. The number of nitrogens with one attached hydrogen (secondary N) is 1. The van der Waals surface area contributed by atoms with Crippen LogP contribution in [0.5, 0.6) is 0 Å². The van der Waals surface area contributed by atoms with Gasteiger partial charge < -0.3 is 15.0 Å². The van der Waals surface area contributed by atoms with E-state index in [1.165, 1.54) is 5.56 Å². The van der Waals surface area contributed by atoms with Gasteiger partial charge >= 0.3 is 6.03 Å². The van der Waals surface area contributed by atoms with Gasteiger partial charge in [-0.05, 0) is 5.56 Å². The van der Waals surface area contributed by atoms with Crippen molar-refractivity contribution in [3.8, 4) is 0 Å². The number of urea groups is 1. The van der Waals surface area contributed by atoms with E-state index in [4.69, 9.17) is 4.74 Å². The molecule has 0 spiro atoms. The number of nitrogens with zero attached hydrogens (tertiary/aromatic N) is 2. The smallest absolute Gasteiger partial charge is 0.317 e. The normalized spacial score (nSPS) is 14.8. The highest BCUT2D eigenvalue weighted by Gasteiger charge is 2.16. The summed E-state index contributed by atoms with van der Waals surface area (Å²) in [5.41, 5.74) is 2.17. The van der Waals surface area contributed by atoms with Gasteiger partial charge in [0.1, 0.15) is 0 Å². The highest BCUT2D eigenvalue weighted by atomic mass is 32.1. The van der Waals surface area contributed by atoms with Crippen LogP contribution in [-0.4, -0.2) is 42.2 Å². The number of carbonyl (C=O) groups excluding carboxylic acids is 1. The minimum absolute atomic E-state index is 0.0408. The molecule has 2 amide bonds. The number of morpholine rings is 1. The highest BCUT2D eigenvalue weighted by Crippen LogP contribution is 2.14. The molecule has 116 valence electrons. The molecule has 1 aliphatic rings. The molecule has 3 rings (SSSR count). The van der Waals surface area contributed by atoms with Gasteiger partial charge in [-0.15, -0.1) is 11.3 Å². The molecule has 0 aliphatic carbocycles. The summed E-state index contributed by atoms with van der Waals surface area (Å²) in [6.45, 7) is 3.02. The molecule has 1 N–H and O–H groups in total. The number of hydrogen-bond acceptors (Lipinski definition) is 4. The maximum atomic E-state index is 12.0. The topological polar surface area (TPSA) is 54.5 Å². The zero-order chi connectivity index (χ0) is 15.2. The molecular weight excluding hydrogens is 298 g/mol. The van der Waals surface area contributed by atoms with Crippen LogP contribution in [0.25, 0.3) is 0 Å². The number of thiazole rings is 1. The molecule has 0 radical (unpaired) electrons. The molecule has 2 heterocycles. The summed E-state index contributed by atoms with van der Waals surface area (Å²) in [7, 11) is 0. The third-order valence-corrected chi connectivity index (χ3v) is 4.41. The van der Waals surface area contributed by atoms with E-state index in [0.717, 1.165) is 17.1 Å². The second-order valence-corrected chi connectivity index (χ2v) is 6.10. The summed E-state index contributed by atoms with van der Waals surface area (Å²) in [5, 5.41) is 6.00. The van der Waals surface area contributed by atoms with Crippen LogP contribution >= 0.6 is 11.3 Å². The molecule has 1 aromatic carbocycles. The fraction of sp³-hybridized carbons (Fsp3) is 0.375. The van der Waals surface area contributed by atoms with Crippen molar-refractivity contribution in [2.24, 2.45) is 0 Å². The van der Waals surface area contributed by atoms with Crippen molar-refractivity contribution < 1.29 is 9.53 Å². The monoisotopic (exact) mass is 317 g/mol. The molecule has 0 atom stereocenters. The van der Waals surface area contributed by atoms with Crippen LogP contribution < -0.4 is 5.32 Å². The quantitative estimate of drug-likeness (QED) is 0.941. The number of ether oxygens (including phenoxy) is 1. The van der Waals surface area contributed by atoms with Crippen molar-refractivity contribution in [2.75, 3.05) is 26.3 Å². The van der Waals surface area contributed by atoms with E-state index in [1.807, 2.05) is 23.6 Å². The van der Waals surface area contributed by atoms with E-state index in [9.17, 15) is 4.79 Å². The number of amides is 2. The first-order valence-electron chi connectivity index (χ1n) is 7.39. The maximum Gasteiger partial charge on any atom is 0.317 e. The van der Waals surface area contributed by atoms with Gasteiger partial charge in [-0.1, -0.05) is 30.3 Å². The van der Waals surface area contributed by atoms with Crippen LogP contribution in [0.2, 0.25) is 0 Å². The maximum absolute atomic E-state index is 12.0. The predicted octanol–water partition coefficient (Wildman–Crippen LogP) is 2.28. The van der Waals surface area contributed by atoms with Gasteiger partial charge in [-0.3, -0.25) is 0 Å². The molecule has 0 bridgehead atoms. The second kappa shape index (κ2) is 7.38. The van der Waals surface area contributed by atoms with Gasteiger partial charge in [0.25, 0.3) is 0 Å². The van der Waals surface area contributed by atoms with Crippen molar-refractivity contribution in [2.45, 2.75) is 13.0 Å². The summed E-state index contributed by atoms with van der Waals surface area (Å²) in [4.78, 5) is 18.4. The van der Waals surface area contributed by atoms with Crippen molar-refractivity contribution in [3.05, 3.63) is 52.0 Å².